The van der Waals surface area contributed by atoms with Crippen molar-refractivity contribution in [3.8, 4) is 23.3 Å². The zero-order chi connectivity index (χ0) is 25.0. The van der Waals surface area contributed by atoms with E-state index in [4.69, 9.17) is 9.15 Å². The summed E-state index contributed by atoms with van der Waals surface area (Å²) >= 11 is 0. The molecule has 1 fully saturated rings. The average Bonchev–Trinajstić information content (AvgIpc) is 3.29. The molecule has 0 radical (unpaired) electrons. The van der Waals surface area contributed by atoms with Gasteiger partial charge in [-0.3, -0.25) is 10.1 Å². The van der Waals surface area contributed by atoms with E-state index < -0.39 is 14.9 Å². The van der Waals surface area contributed by atoms with Gasteiger partial charge in [-0.15, -0.1) is 0 Å². The van der Waals surface area contributed by atoms with Crippen molar-refractivity contribution >= 4 is 21.6 Å². The molecule has 0 bridgehead atoms. The van der Waals surface area contributed by atoms with Crippen LogP contribution in [-0.4, -0.2) is 55.4 Å². The Morgan fingerprint density at radius 2 is 1.89 bits per heavy atom. The van der Waals surface area contributed by atoms with Gasteiger partial charge in [0.05, 0.1) is 17.3 Å². The van der Waals surface area contributed by atoms with Crippen LogP contribution in [0.2, 0.25) is 0 Å². The van der Waals surface area contributed by atoms with Crippen LogP contribution in [-0.2, 0) is 15.8 Å². The normalized spacial score (nSPS) is 14.5. The van der Waals surface area contributed by atoms with E-state index >= 15 is 0 Å². The Morgan fingerprint density at radius 1 is 1.17 bits per heavy atom. The van der Waals surface area contributed by atoms with Gasteiger partial charge in [0.1, 0.15) is 11.8 Å². The molecule has 35 heavy (non-hydrogen) atoms. The molecule has 0 N–H and O–H groups in total. The number of rotatable bonds is 8. The number of hydrogen-bond acceptors (Lipinski definition) is 9. The lowest BCUT2D eigenvalue weighted by atomic mass is 10.2. The van der Waals surface area contributed by atoms with Gasteiger partial charge in [0.2, 0.25) is 27.5 Å². The number of non-ortho nitro benzene ring substituents is 1. The Bertz CT molecular complexity index is 1360. The van der Waals surface area contributed by atoms with Crippen LogP contribution < -0.4 is 9.64 Å². The Morgan fingerprint density at radius 3 is 2.51 bits per heavy atom. The molecule has 12 heteroatoms. The zero-order valence-electron chi connectivity index (χ0n) is 19.0. The van der Waals surface area contributed by atoms with Crippen molar-refractivity contribution < 1.29 is 22.5 Å². The maximum absolute atomic E-state index is 12.9. The molecule has 1 aliphatic rings. The summed E-state index contributed by atoms with van der Waals surface area (Å²) in [5.41, 5.74) is 1.01. The van der Waals surface area contributed by atoms with Crippen LogP contribution in [0, 0.1) is 21.4 Å². The van der Waals surface area contributed by atoms with Gasteiger partial charge in [-0.2, -0.15) is 14.6 Å². The van der Waals surface area contributed by atoms with E-state index in [1.54, 1.807) is 35.2 Å². The summed E-state index contributed by atoms with van der Waals surface area (Å²) < 4.78 is 38.5. The second-order valence-corrected chi connectivity index (χ2v) is 9.78. The number of oxazole rings is 1. The molecule has 182 valence electrons. The number of hydrogen-bond donors (Lipinski definition) is 0. The topological polar surface area (TPSA) is 143 Å². The molecule has 0 aliphatic carbocycles. The lowest BCUT2D eigenvalue weighted by Crippen LogP contribution is -2.49. The summed E-state index contributed by atoms with van der Waals surface area (Å²) in [7, 11) is -3.69. The molecule has 1 aromatic heterocycles. The highest BCUT2D eigenvalue weighted by atomic mass is 32.2. The highest BCUT2D eigenvalue weighted by molar-refractivity contribution is 7.88. The van der Waals surface area contributed by atoms with Crippen molar-refractivity contribution in [3.63, 3.8) is 0 Å². The molecule has 3 aromatic rings. The van der Waals surface area contributed by atoms with Crippen molar-refractivity contribution in [1.29, 1.82) is 5.26 Å². The molecule has 0 unspecified atom stereocenters. The highest BCUT2D eigenvalue weighted by Gasteiger charge is 2.30. The predicted molar refractivity (Wildman–Crippen MR) is 127 cm³/mol. The third-order valence-electron chi connectivity index (χ3n) is 5.52. The zero-order valence-corrected chi connectivity index (χ0v) is 19.8. The molecule has 4 rings (SSSR count). The summed E-state index contributed by atoms with van der Waals surface area (Å²) in [5, 5.41) is 20.5. The molecule has 0 atom stereocenters. The monoisotopic (exact) mass is 497 g/mol. The van der Waals surface area contributed by atoms with Gasteiger partial charge in [-0.05, 0) is 36.8 Å². The molecule has 1 aliphatic heterocycles. The lowest BCUT2D eigenvalue weighted by molar-refractivity contribution is -0.384. The summed E-state index contributed by atoms with van der Waals surface area (Å²) in [6.45, 7) is 3.42. The molecule has 0 amide bonds. The Balaban J connectivity index is 1.45. The number of benzene rings is 2. The van der Waals surface area contributed by atoms with Crippen LogP contribution in [0.25, 0.3) is 11.5 Å². The van der Waals surface area contributed by atoms with E-state index in [1.165, 1.54) is 22.5 Å². The fourth-order valence-electron chi connectivity index (χ4n) is 3.81. The van der Waals surface area contributed by atoms with Crippen molar-refractivity contribution in [2.45, 2.75) is 12.7 Å². The van der Waals surface area contributed by atoms with Gasteiger partial charge < -0.3 is 14.1 Å². The first-order chi connectivity index (χ1) is 16.8. The Kier molecular flexibility index (Phi) is 6.99. The number of sulfonamides is 1. The van der Waals surface area contributed by atoms with E-state index in [2.05, 4.69) is 4.98 Å². The second kappa shape index (κ2) is 10.1. The van der Waals surface area contributed by atoms with E-state index in [-0.39, 0.29) is 30.2 Å². The van der Waals surface area contributed by atoms with Gasteiger partial charge >= 0.3 is 0 Å². The Hall–Kier alpha value is -3.95. The van der Waals surface area contributed by atoms with E-state index in [0.29, 0.717) is 48.3 Å². The number of piperazine rings is 1. The van der Waals surface area contributed by atoms with Gasteiger partial charge in [-0.1, -0.05) is 12.1 Å². The maximum atomic E-state index is 12.9. The molecule has 2 aromatic carbocycles. The molecule has 2 heterocycles. The fourth-order valence-corrected chi connectivity index (χ4v) is 5.32. The van der Waals surface area contributed by atoms with Crippen LogP contribution in [0.4, 0.5) is 11.6 Å². The summed E-state index contributed by atoms with van der Waals surface area (Å²) in [6, 6.07) is 14.8. The number of nitriles is 1. The molecule has 0 spiro atoms. The molecule has 0 saturated carbocycles. The predicted octanol–water partition coefficient (Wildman–Crippen LogP) is 3.17. The van der Waals surface area contributed by atoms with Crippen molar-refractivity contribution in [3.05, 3.63) is 69.9 Å². The number of nitro groups is 1. The quantitative estimate of drug-likeness (QED) is 0.338. The number of aromatic nitrogens is 1. The van der Waals surface area contributed by atoms with Gasteiger partial charge in [0.25, 0.3) is 5.69 Å². The number of nitrogens with zero attached hydrogens (tertiary/aromatic N) is 5. The summed E-state index contributed by atoms with van der Waals surface area (Å²) in [4.78, 5) is 16.5. The number of anilines is 1. The van der Waals surface area contributed by atoms with Crippen LogP contribution in [0.1, 0.15) is 18.2 Å². The number of nitro benzene ring substituents is 1. The maximum Gasteiger partial charge on any atom is 0.269 e. The van der Waals surface area contributed by atoms with Gasteiger partial charge in [0.15, 0.2) is 0 Å². The van der Waals surface area contributed by atoms with Crippen molar-refractivity contribution in [1.82, 2.24) is 9.29 Å². The second-order valence-electron chi connectivity index (χ2n) is 7.81. The molecule has 1 saturated heterocycles. The van der Waals surface area contributed by atoms with E-state index in [1.807, 2.05) is 13.0 Å². The first kappa shape index (κ1) is 24.2. The molecule has 11 nitrogen and oxygen atoms in total. The van der Waals surface area contributed by atoms with Crippen molar-refractivity contribution in [2.75, 3.05) is 37.7 Å². The first-order valence-corrected chi connectivity index (χ1v) is 12.5. The minimum Gasteiger partial charge on any atom is -0.494 e. The minimum absolute atomic E-state index is 0.127. The lowest BCUT2D eigenvalue weighted by Gasteiger charge is -2.33. The van der Waals surface area contributed by atoms with Crippen molar-refractivity contribution in [2.24, 2.45) is 0 Å². The average molecular weight is 498 g/mol. The summed E-state index contributed by atoms with van der Waals surface area (Å²) in [5.74, 6) is 0.973. The molecular formula is C23H23N5O6S. The Labute approximate surface area is 202 Å². The van der Waals surface area contributed by atoms with Gasteiger partial charge in [-0.25, -0.2) is 8.42 Å². The minimum atomic E-state index is -3.69. The standard InChI is InChI=1S/C23H23N5O6S/c1-2-33-20-8-6-18(7-9-20)22-25-21(15-24)23(34-22)26-10-12-27(13-11-26)35(31,32)16-17-4-3-5-19(14-17)28(29)30/h3-9,14H,2,10-13,16H2,1H3. The summed E-state index contributed by atoms with van der Waals surface area (Å²) in [6.07, 6.45) is 0. The third-order valence-corrected chi connectivity index (χ3v) is 7.37. The van der Waals surface area contributed by atoms with E-state index in [0.717, 1.165) is 0 Å². The third kappa shape index (κ3) is 5.42. The largest absolute Gasteiger partial charge is 0.494 e. The van der Waals surface area contributed by atoms with E-state index in [9.17, 15) is 23.8 Å². The highest BCUT2D eigenvalue weighted by Crippen LogP contribution is 2.30. The first-order valence-electron chi connectivity index (χ1n) is 10.9. The van der Waals surface area contributed by atoms with Crippen LogP contribution in [0.3, 0.4) is 0 Å². The van der Waals surface area contributed by atoms with Gasteiger partial charge in [0, 0.05) is 43.9 Å². The van der Waals surface area contributed by atoms with Crippen LogP contribution in [0.15, 0.2) is 52.9 Å². The van der Waals surface area contributed by atoms with Crippen LogP contribution >= 0.6 is 0 Å². The van der Waals surface area contributed by atoms with Crippen LogP contribution in [0.5, 0.6) is 5.75 Å². The fraction of sp³-hybridized carbons (Fsp3) is 0.304. The number of ether oxygens (including phenoxy) is 1. The SMILES string of the molecule is CCOc1ccc(-c2nc(C#N)c(N3CCN(S(=O)(=O)Cc4cccc([N+](=O)[O-])c4)CC3)o2)cc1. The smallest absolute Gasteiger partial charge is 0.269 e. The molecular weight excluding hydrogens is 474 g/mol.